The third-order valence-corrected chi connectivity index (χ3v) is 5.67. The summed E-state index contributed by atoms with van der Waals surface area (Å²) in [7, 11) is 2.22. The molecule has 118 valence electrons. The fourth-order valence-corrected chi connectivity index (χ4v) is 4.43. The van der Waals surface area contributed by atoms with E-state index >= 15 is 0 Å². The quantitative estimate of drug-likeness (QED) is 0.763. The highest BCUT2D eigenvalue weighted by Gasteiger charge is 2.40. The van der Waals surface area contributed by atoms with E-state index in [1.807, 2.05) is 0 Å². The molecule has 2 nitrogen and oxygen atoms in total. The molecule has 1 unspecified atom stereocenters. The molecule has 0 bridgehead atoms. The summed E-state index contributed by atoms with van der Waals surface area (Å²) in [6.45, 7) is 2.36. The lowest BCUT2D eigenvalue weighted by molar-refractivity contribution is 0.201. The van der Waals surface area contributed by atoms with Gasteiger partial charge in [-0.25, -0.2) is 0 Å². The molecule has 3 heteroatoms. The van der Waals surface area contributed by atoms with Crippen molar-refractivity contribution in [3.63, 3.8) is 0 Å². The van der Waals surface area contributed by atoms with Gasteiger partial charge in [0.1, 0.15) is 4.99 Å². The van der Waals surface area contributed by atoms with Gasteiger partial charge < -0.3 is 9.80 Å². The van der Waals surface area contributed by atoms with Gasteiger partial charge in [0.2, 0.25) is 0 Å². The second-order valence-electron chi connectivity index (χ2n) is 6.68. The molecular formula is C20H22N2S. The Kier molecular flexibility index (Phi) is 3.92. The second kappa shape index (κ2) is 6.06. The van der Waals surface area contributed by atoms with E-state index < -0.39 is 0 Å². The van der Waals surface area contributed by atoms with Crippen LogP contribution in [0.25, 0.3) is 0 Å². The van der Waals surface area contributed by atoms with Crippen LogP contribution in [0.3, 0.4) is 0 Å². The molecule has 2 aromatic rings. The summed E-state index contributed by atoms with van der Waals surface area (Å²) >= 11 is 5.86. The Morgan fingerprint density at radius 3 is 2.30 bits per heavy atom. The monoisotopic (exact) mass is 322 g/mol. The number of thiocarbonyl (C=S) groups is 1. The second-order valence-corrected chi connectivity index (χ2v) is 7.07. The number of nitrogens with zero attached hydrogens (tertiary/aromatic N) is 2. The van der Waals surface area contributed by atoms with Crippen molar-refractivity contribution in [2.45, 2.75) is 18.9 Å². The number of fused-ring (bicyclic) bond motifs is 1. The Morgan fingerprint density at radius 1 is 0.913 bits per heavy atom. The Labute approximate surface area is 143 Å². The van der Waals surface area contributed by atoms with Crippen LogP contribution in [-0.4, -0.2) is 30.0 Å². The van der Waals surface area contributed by atoms with Gasteiger partial charge >= 0.3 is 0 Å². The van der Waals surface area contributed by atoms with Gasteiger partial charge in [0, 0.05) is 11.3 Å². The van der Waals surface area contributed by atoms with Crippen molar-refractivity contribution in [2.24, 2.45) is 5.92 Å². The maximum absolute atomic E-state index is 5.86. The fraction of sp³-hybridized carbons (Fsp3) is 0.350. The number of likely N-dealkylation sites (tertiary alicyclic amines) is 1. The molecule has 2 aliphatic heterocycles. The summed E-state index contributed by atoms with van der Waals surface area (Å²) in [6.07, 6.45) is 2.48. The van der Waals surface area contributed by atoms with Gasteiger partial charge in [-0.2, -0.15) is 0 Å². The molecule has 0 spiro atoms. The van der Waals surface area contributed by atoms with Crippen LogP contribution in [0.4, 0.5) is 5.69 Å². The molecule has 4 rings (SSSR count). The van der Waals surface area contributed by atoms with Gasteiger partial charge in [0.25, 0.3) is 0 Å². The van der Waals surface area contributed by atoms with Crippen LogP contribution in [0.15, 0.2) is 54.6 Å². The van der Waals surface area contributed by atoms with Crippen molar-refractivity contribution in [3.05, 3.63) is 65.7 Å². The molecular weight excluding hydrogens is 300 g/mol. The topological polar surface area (TPSA) is 6.48 Å². The first kappa shape index (κ1) is 14.9. The molecule has 0 amide bonds. The van der Waals surface area contributed by atoms with Crippen LogP contribution in [-0.2, 0) is 0 Å². The molecule has 2 aromatic carbocycles. The van der Waals surface area contributed by atoms with Crippen LogP contribution >= 0.6 is 12.2 Å². The van der Waals surface area contributed by atoms with Gasteiger partial charge in [0.05, 0.1) is 6.04 Å². The normalized spacial score (nSPS) is 22.4. The first-order valence-electron chi connectivity index (χ1n) is 8.42. The maximum atomic E-state index is 5.86. The van der Waals surface area contributed by atoms with Crippen LogP contribution in [0.1, 0.15) is 30.0 Å². The molecule has 1 fully saturated rings. The number of rotatable bonds is 2. The van der Waals surface area contributed by atoms with Crippen LogP contribution in [0.2, 0.25) is 0 Å². The van der Waals surface area contributed by atoms with Crippen LogP contribution in [0, 0.1) is 5.92 Å². The molecule has 1 saturated heterocycles. The maximum Gasteiger partial charge on any atom is 0.114 e. The third-order valence-electron chi connectivity index (χ3n) is 5.25. The minimum atomic E-state index is 0.384. The van der Waals surface area contributed by atoms with Gasteiger partial charge in [-0.3, -0.25) is 0 Å². The summed E-state index contributed by atoms with van der Waals surface area (Å²) in [6, 6.07) is 19.7. The number of hydrogen-bond donors (Lipinski definition) is 0. The average molecular weight is 322 g/mol. The number of anilines is 1. The highest BCUT2D eigenvalue weighted by atomic mass is 32.1. The van der Waals surface area contributed by atoms with Crippen LogP contribution in [0.5, 0.6) is 0 Å². The first-order valence-corrected chi connectivity index (χ1v) is 8.82. The molecule has 0 radical (unpaired) electrons. The summed E-state index contributed by atoms with van der Waals surface area (Å²) < 4.78 is 0. The molecule has 0 aliphatic carbocycles. The lowest BCUT2D eigenvalue weighted by Gasteiger charge is -2.38. The van der Waals surface area contributed by atoms with Crippen molar-refractivity contribution < 1.29 is 0 Å². The Bertz CT molecular complexity index is 705. The van der Waals surface area contributed by atoms with E-state index in [2.05, 4.69) is 71.4 Å². The number of benzene rings is 2. The van der Waals surface area contributed by atoms with E-state index in [4.69, 9.17) is 12.2 Å². The highest BCUT2D eigenvalue weighted by Crippen LogP contribution is 2.45. The lowest BCUT2D eigenvalue weighted by atomic mass is 9.85. The van der Waals surface area contributed by atoms with E-state index in [9.17, 15) is 0 Å². The predicted molar refractivity (Wildman–Crippen MR) is 100 cm³/mol. The highest BCUT2D eigenvalue weighted by molar-refractivity contribution is 7.81. The molecule has 0 N–H and O–H groups in total. The van der Waals surface area contributed by atoms with Crippen molar-refractivity contribution in [2.75, 3.05) is 25.0 Å². The zero-order valence-electron chi connectivity index (χ0n) is 13.5. The molecule has 0 aromatic heterocycles. The van der Waals surface area contributed by atoms with E-state index in [1.54, 1.807) is 0 Å². The molecule has 2 heterocycles. The van der Waals surface area contributed by atoms with E-state index in [-0.39, 0.29) is 0 Å². The van der Waals surface area contributed by atoms with Crippen molar-refractivity contribution >= 4 is 22.9 Å². The van der Waals surface area contributed by atoms with E-state index in [0.717, 1.165) is 4.99 Å². The summed E-state index contributed by atoms with van der Waals surface area (Å²) in [4.78, 5) is 5.81. The van der Waals surface area contributed by atoms with E-state index in [1.165, 1.54) is 42.7 Å². The van der Waals surface area contributed by atoms with Gasteiger partial charge in [-0.05, 0) is 56.6 Å². The molecule has 23 heavy (non-hydrogen) atoms. The minimum Gasteiger partial charge on any atom is -0.324 e. The minimum absolute atomic E-state index is 0.384. The van der Waals surface area contributed by atoms with Gasteiger partial charge in [-0.1, -0.05) is 54.7 Å². The van der Waals surface area contributed by atoms with Crippen molar-refractivity contribution in [3.8, 4) is 0 Å². The molecule has 0 saturated carbocycles. The zero-order valence-corrected chi connectivity index (χ0v) is 14.3. The van der Waals surface area contributed by atoms with Gasteiger partial charge in [0.15, 0.2) is 0 Å². The number of piperidine rings is 1. The van der Waals surface area contributed by atoms with Crippen molar-refractivity contribution in [1.29, 1.82) is 0 Å². The van der Waals surface area contributed by atoms with Crippen molar-refractivity contribution in [1.82, 2.24) is 4.90 Å². The number of para-hydroxylation sites is 1. The standard InChI is InChI=1S/C20H22N2S/c1-21-13-11-15(12-14-21)19-17-9-5-6-10-18(17)20(23)22(19)16-7-3-2-4-8-16/h2-10,15,19H,11-14H2,1H3. The SMILES string of the molecule is CN1CCC(C2c3ccccc3C(=S)N2c2ccccc2)CC1. The van der Waals surface area contributed by atoms with Crippen LogP contribution < -0.4 is 4.90 Å². The Hall–Kier alpha value is -1.71. The zero-order chi connectivity index (χ0) is 15.8. The van der Waals surface area contributed by atoms with E-state index in [0.29, 0.717) is 12.0 Å². The average Bonchev–Trinajstić information content (AvgIpc) is 2.90. The summed E-state index contributed by atoms with van der Waals surface area (Å²) in [5.41, 5.74) is 3.88. The third kappa shape index (κ3) is 2.58. The summed E-state index contributed by atoms with van der Waals surface area (Å²) in [5.74, 6) is 0.660. The molecule has 1 atom stereocenters. The fourth-order valence-electron chi connectivity index (χ4n) is 4.02. The molecule has 2 aliphatic rings. The summed E-state index contributed by atoms with van der Waals surface area (Å²) in [5, 5.41) is 0. The predicted octanol–water partition coefficient (Wildman–Crippen LogP) is 4.27. The first-order chi connectivity index (χ1) is 11.3. The number of hydrogen-bond acceptors (Lipinski definition) is 2. The Morgan fingerprint density at radius 2 is 1.57 bits per heavy atom. The largest absolute Gasteiger partial charge is 0.324 e. The lowest BCUT2D eigenvalue weighted by Crippen LogP contribution is -2.38. The Balaban J connectivity index is 1.76. The van der Waals surface area contributed by atoms with Gasteiger partial charge in [-0.15, -0.1) is 0 Å². The smallest absolute Gasteiger partial charge is 0.114 e.